The van der Waals surface area contributed by atoms with E-state index in [-0.39, 0.29) is 29.8 Å². The number of alkyl halides is 1. The van der Waals surface area contributed by atoms with Gasteiger partial charge in [0.15, 0.2) is 11.4 Å². The van der Waals surface area contributed by atoms with Gasteiger partial charge in [-0.15, -0.1) is 11.6 Å². The molecule has 0 amide bonds. The number of carbonyl (C=O) groups is 3. The summed E-state index contributed by atoms with van der Waals surface area (Å²) >= 11 is 7.48. The lowest BCUT2D eigenvalue weighted by atomic mass is 9.45. The minimum atomic E-state index is -3.97. The Morgan fingerprint density at radius 2 is 1.97 bits per heavy atom. The molecule has 212 valence electrons. The number of halogens is 1. The zero-order chi connectivity index (χ0) is 28.6. The molecule has 9 nitrogen and oxygen atoms in total. The highest BCUT2D eigenvalue weighted by atomic mass is 35.5. The lowest BCUT2D eigenvalue weighted by molar-refractivity contribution is -0.180. The van der Waals surface area contributed by atoms with Crippen molar-refractivity contribution in [3.63, 3.8) is 0 Å². The van der Waals surface area contributed by atoms with Crippen LogP contribution in [0.3, 0.4) is 0 Å². The number of esters is 1. The van der Waals surface area contributed by atoms with E-state index in [0.717, 1.165) is 11.8 Å². The van der Waals surface area contributed by atoms with Crippen LogP contribution in [0.1, 0.15) is 57.0 Å². The topological polar surface area (TPSA) is 137 Å². The van der Waals surface area contributed by atoms with Crippen molar-refractivity contribution in [2.75, 3.05) is 12.9 Å². The fraction of sp³-hybridized carbons (Fsp3) is 0.607. The minimum Gasteiger partial charge on any atom is -0.457 e. The lowest BCUT2D eigenvalue weighted by Gasteiger charge is -2.64. The van der Waals surface area contributed by atoms with E-state index in [2.05, 4.69) is 0 Å². The summed E-state index contributed by atoms with van der Waals surface area (Å²) in [4.78, 5) is 38.2. The molecule has 1 aromatic heterocycles. The molecule has 1 aromatic rings. The quantitative estimate of drug-likeness (QED) is 0.304. The number of furan rings is 1. The second kappa shape index (κ2) is 9.12. The Kier molecular flexibility index (Phi) is 6.61. The van der Waals surface area contributed by atoms with Crippen molar-refractivity contribution in [3.8, 4) is 0 Å². The molecule has 4 aliphatic carbocycles. The Labute approximate surface area is 232 Å². The number of aliphatic hydroxyl groups is 1. The standard InChI is InChI=1S/C28H33ClO9S/c1-16-12-20-19-8-7-17-13-18(30)9-10-25(17,2)27(19,29)22(31)14-26(20,3)28(16,23(32)15-37-39(4,34)35)38-24(33)21-6-5-11-36-21/h5-6,9-11,13,16,19-20,22,31H,7-8,12,14-15H2,1-4H3/t16-,19+,20+,22+,25+,26+,27+,28+/m1/s1. The first-order valence-electron chi connectivity index (χ1n) is 13.1. The van der Waals surface area contributed by atoms with E-state index in [9.17, 15) is 27.9 Å². The third-order valence-electron chi connectivity index (χ3n) is 9.98. The molecule has 8 atom stereocenters. The smallest absolute Gasteiger partial charge is 0.375 e. The molecule has 0 aromatic carbocycles. The van der Waals surface area contributed by atoms with Gasteiger partial charge in [0.2, 0.25) is 11.5 Å². The van der Waals surface area contributed by atoms with Gasteiger partial charge in [0.05, 0.1) is 23.5 Å². The molecule has 0 bridgehead atoms. The van der Waals surface area contributed by atoms with Crippen LogP contribution in [0.4, 0.5) is 0 Å². The van der Waals surface area contributed by atoms with Gasteiger partial charge in [-0.05, 0) is 61.8 Å². The maximum Gasteiger partial charge on any atom is 0.375 e. The first-order valence-corrected chi connectivity index (χ1v) is 15.3. The minimum absolute atomic E-state index is 0.00269. The van der Waals surface area contributed by atoms with Crippen molar-refractivity contribution in [2.45, 2.75) is 63.0 Å². The third-order valence-corrected chi connectivity index (χ3v) is 11.4. The Balaban J connectivity index is 1.61. The van der Waals surface area contributed by atoms with Crippen LogP contribution in [-0.4, -0.2) is 60.5 Å². The van der Waals surface area contributed by atoms with Gasteiger partial charge >= 0.3 is 5.97 Å². The molecular weight excluding hydrogens is 548 g/mol. The van der Waals surface area contributed by atoms with Crippen molar-refractivity contribution >= 4 is 39.3 Å². The first kappa shape index (κ1) is 28.3. The molecule has 11 heteroatoms. The summed E-state index contributed by atoms with van der Waals surface area (Å²) in [5, 5.41) is 11.8. The van der Waals surface area contributed by atoms with Crippen molar-refractivity contribution in [1.82, 2.24) is 0 Å². The average Bonchev–Trinajstić information content (AvgIpc) is 3.46. The van der Waals surface area contributed by atoms with Crippen molar-refractivity contribution in [3.05, 3.63) is 48.0 Å². The van der Waals surface area contributed by atoms with E-state index in [4.69, 9.17) is 24.9 Å². The van der Waals surface area contributed by atoms with Gasteiger partial charge in [0, 0.05) is 16.7 Å². The molecule has 3 saturated carbocycles. The van der Waals surface area contributed by atoms with Crippen molar-refractivity contribution in [1.29, 1.82) is 0 Å². The number of aliphatic hydroxyl groups excluding tert-OH is 1. The zero-order valence-electron chi connectivity index (χ0n) is 22.3. The van der Waals surface area contributed by atoms with E-state index in [1.807, 2.05) is 13.8 Å². The number of hydrogen-bond donors (Lipinski definition) is 1. The van der Waals surface area contributed by atoms with Crippen LogP contribution in [0.25, 0.3) is 0 Å². The second-order valence-corrected chi connectivity index (χ2v) is 14.2. The second-order valence-electron chi connectivity index (χ2n) is 11.9. The predicted octanol–water partition coefficient (Wildman–Crippen LogP) is 3.61. The maximum atomic E-state index is 14.0. The summed E-state index contributed by atoms with van der Waals surface area (Å²) in [5.41, 5.74) is -2.86. The van der Waals surface area contributed by atoms with Crippen molar-refractivity contribution in [2.24, 2.45) is 28.6 Å². The van der Waals surface area contributed by atoms with Gasteiger partial charge in [0.25, 0.3) is 10.1 Å². The highest BCUT2D eigenvalue weighted by molar-refractivity contribution is 7.86. The Morgan fingerprint density at radius 1 is 1.26 bits per heavy atom. The Hall–Kier alpha value is -2.27. The molecular formula is C28H33ClO9S. The molecule has 0 unspecified atom stereocenters. The van der Waals surface area contributed by atoms with Gasteiger partial charge < -0.3 is 14.3 Å². The molecule has 0 aliphatic heterocycles. The largest absolute Gasteiger partial charge is 0.457 e. The normalized spacial score (nSPS) is 41.3. The molecule has 39 heavy (non-hydrogen) atoms. The van der Waals surface area contributed by atoms with Crippen LogP contribution in [0.15, 0.2) is 46.6 Å². The van der Waals surface area contributed by atoms with Crippen LogP contribution in [0, 0.1) is 28.6 Å². The van der Waals surface area contributed by atoms with E-state index in [1.54, 1.807) is 19.1 Å². The molecule has 1 heterocycles. The number of allylic oxidation sites excluding steroid dienone is 4. The number of rotatable bonds is 6. The number of Topliss-reactive ketones (excluding diaryl/α,β-unsaturated/α-hetero) is 1. The van der Waals surface area contributed by atoms with Gasteiger partial charge in [-0.3, -0.25) is 13.8 Å². The van der Waals surface area contributed by atoms with Gasteiger partial charge in [-0.25, -0.2) is 4.79 Å². The van der Waals surface area contributed by atoms with Crippen LogP contribution in [0.5, 0.6) is 0 Å². The average molecular weight is 581 g/mol. The third kappa shape index (κ3) is 3.93. The molecule has 0 radical (unpaired) electrons. The highest BCUT2D eigenvalue weighted by Crippen LogP contribution is 2.72. The van der Waals surface area contributed by atoms with E-state index >= 15 is 0 Å². The Morgan fingerprint density at radius 3 is 2.62 bits per heavy atom. The fourth-order valence-corrected chi connectivity index (χ4v) is 9.10. The molecule has 5 rings (SSSR count). The van der Waals surface area contributed by atoms with Gasteiger partial charge in [-0.1, -0.05) is 32.4 Å². The van der Waals surface area contributed by atoms with Gasteiger partial charge in [-0.2, -0.15) is 8.42 Å². The zero-order valence-corrected chi connectivity index (χ0v) is 23.9. The highest BCUT2D eigenvalue weighted by Gasteiger charge is 2.76. The summed E-state index contributed by atoms with van der Waals surface area (Å²) in [6, 6.07) is 2.93. The lowest BCUT2D eigenvalue weighted by Crippen LogP contribution is -2.69. The van der Waals surface area contributed by atoms with E-state index in [0.29, 0.717) is 19.3 Å². The molecule has 0 spiro atoms. The summed E-state index contributed by atoms with van der Waals surface area (Å²) in [7, 11) is -3.97. The summed E-state index contributed by atoms with van der Waals surface area (Å²) in [6.07, 6.45) is 7.45. The van der Waals surface area contributed by atoms with Crippen LogP contribution in [-0.2, 0) is 28.6 Å². The summed E-state index contributed by atoms with van der Waals surface area (Å²) in [5.74, 6) is -2.93. The van der Waals surface area contributed by atoms with Crippen LogP contribution < -0.4 is 0 Å². The molecule has 3 fully saturated rings. The number of ketones is 2. The van der Waals surface area contributed by atoms with Crippen molar-refractivity contribution < 1.29 is 41.2 Å². The predicted molar refractivity (Wildman–Crippen MR) is 140 cm³/mol. The van der Waals surface area contributed by atoms with E-state index < -0.39 is 61.8 Å². The van der Waals surface area contributed by atoms with Crippen LogP contribution in [0.2, 0.25) is 0 Å². The molecule has 1 N–H and O–H groups in total. The summed E-state index contributed by atoms with van der Waals surface area (Å²) in [6.45, 7) is 4.71. The number of ether oxygens (including phenoxy) is 1. The first-order chi connectivity index (χ1) is 18.1. The van der Waals surface area contributed by atoms with E-state index in [1.165, 1.54) is 24.5 Å². The molecule has 0 saturated heterocycles. The van der Waals surface area contributed by atoms with Gasteiger partial charge in [0.1, 0.15) is 6.61 Å². The monoisotopic (exact) mass is 580 g/mol. The fourth-order valence-electron chi connectivity index (χ4n) is 8.26. The SMILES string of the molecule is C[C@@H]1C[C@H]2[C@@H]3CCC4=CC(=O)C=C[C@]4(C)[C@@]3(Cl)[C@@H](O)C[C@]2(C)[C@@]1(OC(=O)c1ccco1)C(=O)COS(C)(=O)=O. The maximum absolute atomic E-state index is 14.0. The number of hydrogen-bond acceptors (Lipinski definition) is 9. The summed E-state index contributed by atoms with van der Waals surface area (Å²) < 4.78 is 39.8. The number of fused-ring (bicyclic) bond motifs is 5. The Bertz CT molecular complexity index is 1380. The van der Waals surface area contributed by atoms with Crippen LogP contribution >= 0.6 is 11.6 Å². The number of carbonyl (C=O) groups excluding carboxylic acids is 3. The molecule has 4 aliphatic rings.